The Morgan fingerprint density at radius 3 is 2.48 bits per heavy atom. The second-order valence-corrected chi connectivity index (χ2v) is 7.58. The molecule has 2 aromatic carbocycles. The second kappa shape index (κ2) is 8.72. The van der Waals surface area contributed by atoms with Gasteiger partial charge in [0.05, 0.1) is 6.54 Å². The van der Waals surface area contributed by atoms with Crippen molar-refractivity contribution in [1.29, 1.82) is 0 Å². The number of anilines is 1. The summed E-state index contributed by atoms with van der Waals surface area (Å²) in [6, 6.07) is 13.1. The molecule has 0 radical (unpaired) electrons. The van der Waals surface area contributed by atoms with E-state index in [2.05, 4.69) is 5.32 Å². The van der Waals surface area contributed by atoms with Gasteiger partial charge in [0.1, 0.15) is 5.82 Å². The SMILES string of the molecule is CN(C)c1ccc(CNC(=O)CN(Cc2c(F)cccc2Cl)C2CC2)cc1. The molecule has 6 heteroatoms. The van der Waals surface area contributed by atoms with Crippen molar-refractivity contribution in [2.45, 2.75) is 32.0 Å². The van der Waals surface area contributed by atoms with Crippen LogP contribution in [0.3, 0.4) is 0 Å². The van der Waals surface area contributed by atoms with Gasteiger partial charge in [0.15, 0.2) is 0 Å². The molecule has 1 saturated carbocycles. The number of nitrogens with one attached hydrogen (secondary N) is 1. The monoisotopic (exact) mass is 389 g/mol. The first kappa shape index (κ1) is 19.6. The first-order valence-electron chi connectivity index (χ1n) is 9.14. The van der Waals surface area contributed by atoms with Gasteiger partial charge in [0, 0.05) is 49.5 Å². The third-order valence-electron chi connectivity index (χ3n) is 4.78. The Morgan fingerprint density at radius 2 is 1.89 bits per heavy atom. The van der Waals surface area contributed by atoms with Crippen molar-refractivity contribution in [3.63, 3.8) is 0 Å². The van der Waals surface area contributed by atoms with E-state index in [1.165, 1.54) is 6.07 Å². The molecule has 0 aliphatic heterocycles. The summed E-state index contributed by atoms with van der Waals surface area (Å²) in [6.45, 7) is 1.07. The highest BCUT2D eigenvalue weighted by Gasteiger charge is 2.31. The minimum Gasteiger partial charge on any atom is -0.378 e. The van der Waals surface area contributed by atoms with Gasteiger partial charge in [-0.2, -0.15) is 0 Å². The highest BCUT2D eigenvalue weighted by molar-refractivity contribution is 6.31. The van der Waals surface area contributed by atoms with E-state index in [9.17, 15) is 9.18 Å². The van der Waals surface area contributed by atoms with E-state index in [1.807, 2.05) is 48.2 Å². The van der Waals surface area contributed by atoms with E-state index in [-0.39, 0.29) is 18.3 Å². The topological polar surface area (TPSA) is 35.6 Å². The van der Waals surface area contributed by atoms with Gasteiger partial charge in [0.2, 0.25) is 5.91 Å². The van der Waals surface area contributed by atoms with Gasteiger partial charge >= 0.3 is 0 Å². The van der Waals surface area contributed by atoms with Crippen LogP contribution in [0.2, 0.25) is 5.02 Å². The molecule has 0 unspecified atom stereocenters. The number of carbonyl (C=O) groups excluding carboxylic acids is 1. The number of rotatable bonds is 8. The van der Waals surface area contributed by atoms with E-state index in [4.69, 9.17) is 11.6 Å². The number of amides is 1. The predicted molar refractivity (Wildman–Crippen MR) is 107 cm³/mol. The zero-order chi connectivity index (χ0) is 19.4. The van der Waals surface area contributed by atoms with Crippen molar-refractivity contribution in [2.75, 3.05) is 25.5 Å². The van der Waals surface area contributed by atoms with E-state index < -0.39 is 0 Å². The molecule has 0 heterocycles. The van der Waals surface area contributed by atoms with E-state index in [1.54, 1.807) is 12.1 Å². The average molecular weight is 390 g/mol. The molecular weight excluding hydrogens is 365 g/mol. The van der Waals surface area contributed by atoms with E-state index in [0.717, 1.165) is 24.1 Å². The van der Waals surface area contributed by atoms with Gasteiger partial charge in [0.25, 0.3) is 0 Å². The average Bonchev–Trinajstić information content (AvgIpc) is 3.47. The lowest BCUT2D eigenvalue weighted by Gasteiger charge is -2.22. The predicted octanol–water partition coefficient (Wildman–Crippen LogP) is 3.83. The molecule has 0 bridgehead atoms. The molecule has 1 amide bonds. The number of nitrogens with zero attached hydrogens (tertiary/aromatic N) is 2. The Labute approximate surface area is 164 Å². The zero-order valence-corrected chi connectivity index (χ0v) is 16.5. The van der Waals surface area contributed by atoms with Crippen LogP contribution in [-0.4, -0.2) is 37.5 Å². The fourth-order valence-electron chi connectivity index (χ4n) is 2.99. The molecule has 144 valence electrons. The van der Waals surface area contributed by atoms with Crippen LogP contribution < -0.4 is 10.2 Å². The van der Waals surface area contributed by atoms with Crippen molar-refractivity contribution in [3.8, 4) is 0 Å². The quantitative estimate of drug-likeness (QED) is 0.745. The summed E-state index contributed by atoms with van der Waals surface area (Å²) < 4.78 is 14.1. The summed E-state index contributed by atoms with van der Waals surface area (Å²) in [6.07, 6.45) is 2.07. The third-order valence-corrected chi connectivity index (χ3v) is 5.13. The zero-order valence-electron chi connectivity index (χ0n) is 15.7. The van der Waals surface area contributed by atoms with Crippen molar-refractivity contribution in [3.05, 3.63) is 64.4 Å². The van der Waals surface area contributed by atoms with E-state index >= 15 is 0 Å². The number of halogens is 2. The summed E-state index contributed by atoms with van der Waals surface area (Å²) >= 11 is 6.14. The molecular formula is C21H25ClFN3O. The summed E-state index contributed by atoms with van der Waals surface area (Å²) in [5.74, 6) is -0.388. The summed E-state index contributed by atoms with van der Waals surface area (Å²) in [5.41, 5.74) is 2.62. The Hall–Kier alpha value is -2.11. The lowest BCUT2D eigenvalue weighted by Crippen LogP contribution is -2.38. The summed E-state index contributed by atoms with van der Waals surface area (Å²) in [4.78, 5) is 16.4. The molecule has 0 saturated heterocycles. The van der Waals surface area contributed by atoms with Gasteiger partial charge in [-0.1, -0.05) is 29.8 Å². The van der Waals surface area contributed by atoms with Gasteiger partial charge in [-0.3, -0.25) is 9.69 Å². The Balaban J connectivity index is 1.56. The Bertz CT molecular complexity index is 770. The first-order chi connectivity index (χ1) is 12.9. The lowest BCUT2D eigenvalue weighted by molar-refractivity contribution is -0.122. The van der Waals surface area contributed by atoms with Crippen LogP contribution in [0, 0.1) is 5.82 Å². The summed E-state index contributed by atoms with van der Waals surface area (Å²) in [7, 11) is 3.98. The van der Waals surface area contributed by atoms with Crippen LogP contribution in [0.1, 0.15) is 24.0 Å². The fraction of sp³-hybridized carbons (Fsp3) is 0.381. The fourth-order valence-corrected chi connectivity index (χ4v) is 3.22. The number of hydrogen-bond acceptors (Lipinski definition) is 3. The summed E-state index contributed by atoms with van der Waals surface area (Å²) in [5, 5.41) is 3.36. The number of benzene rings is 2. The molecule has 1 fully saturated rings. The molecule has 1 aliphatic carbocycles. The second-order valence-electron chi connectivity index (χ2n) is 7.17. The minimum atomic E-state index is -0.324. The van der Waals surface area contributed by atoms with Gasteiger partial charge < -0.3 is 10.2 Å². The van der Waals surface area contributed by atoms with Crippen LogP contribution in [0.15, 0.2) is 42.5 Å². The van der Waals surface area contributed by atoms with Crippen molar-refractivity contribution in [1.82, 2.24) is 10.2 Å². The highest BCUT2D eigenvalue weighted by atomic mass is 35.5. The van der Waals surface area contributed by atoms with Crippen molar-refractivity contribution < 1.29 is 9.18 Å². The maximum Gasteiger partial charge on any atom is 0.234 e. The maximum atomic E-state index is 14.1. The molecule has 0 aromatic heterocycles. The Kier molecular flexibility index (Phi) is 6.34. The number of carbonyl (C=O) groups is 1. The lowest BCUT2D eigenvalue weighted by atomic mass is 10.2. The normalized spacial score (nSPS) is 13.7. The highest BCUT2D eigenvalue weighted by Crippen LogP contribution is 2.30. The minimum absolute atomic E-state index is 0.0638. The molecule has 1 N–H and O–H groups in total. The van der Waals surface area contributed by atoms with Crippen LogP contribution in [0.5, 0.6) is 0 Å². The van der Waals surface area contributed by atoms with E-state index in [0.29, 0.717) is 29.7 Å². The van der Waals surface area contributed by atoms with Crippen molar-refractivity contribution in [2.24, 2.45) is 0 Å². The molecule has 0 atom stereocenters. The molecule has 27 heavy (non-hydrogen) atoms. The van der Waals surface area contributed by atoms with Gasteiger partial charge in [-0.15, -0.1) is 0 Å². The van der Waals surface area contributed by atoms with Crippen LogP contribution in [-0.2, 0) is 17.9 Å². The molecule has 0 spiro atoms. The van der Waals surface area contributed by atoms with Crippen LogP contribution in [0.4, 0.5) is 10.1 Å². The Morgan fingerprint density at radius 1 is 1.19 bits per heavy atom. The van der Waals surface area contributed by atoms with Crippen LogP contribution >= 0.6 is 11.6 Å². The molecule has 3 rings (SSSR count). The molecule has 2 aromatic rings. The standard InChI is InChI=1S/C21H25ClFN3O/c1-25(2)16-8-6-15(7-9-16)12-24-21(27)14-26(17-10-11-17)13-18-19(22)4-3-5-20(18)23/h3-9,17H,10-14H2,1-2H3,(H,24,27). The molecule has 1 aliphatic rings. The number of hydrogen-bond donors (Lipinski definition) is 1. The van der Waals surface area contributed by atoms with Crippen molar-refractivity contribution >= 4 is 23.2 Å². The first-order valence-corrected chi connectivity index (χ1v) is 9.51. The van der Waals surface area contributed by atoms with Gasteiger partial charge in [-0.05, 0) is 42.7 Å². The van der Waals surface area contributed by atoms with Gasteiger partial charge in [-0.25, -0.2) is 4.39 Å². The van der Waals surface area contributed by atoms with Crippen LogP contribution in [0.25, 0.3) is 0 Å². The maximum absolute atomic E-state index is 14.1. The smallest absolute Gasteiger partial charge is 0.234 e. The largest absolute Gasteiger partial charge is 0.378 e. The third kappa shape index (κ3) is 5.44. The molecule has 4 nitrogen and oxygen atoms in total.